The van der Waals surface area contributed by atoms with E-state index in [9.17, 15) is 26.4 Å². The number of halogens is 4. The van der Waals surface area contributed by atoms with Crippen molar-refractivity contribution in [1.82, 2.24) is 10.3 Å². The van der Waals surface area contributed by atoms with Gasteiger partial charge in [-0.15, -0.1) is 0 Å². The molecule has 1 unspecified atom stereocenters. The molecule has 0 saturated carbocycles. The van der Waals surface area contributed by atoms with Crippen molar-refractivity contribution < 1.29 is 26.4 Å². The first kappa shape index (κ1) is 25.5. The zero-order chi connectivity index (χ0) is 24.9. The zero-order valence-corrected chi connectivity index (χ0v) is 19.5. The van der Waals surface area contributed by atoms with Crippen molar-refractivity contribution in [2.24, 2.45) is 0 Å². The summed E-state index contributed by atoms with van der Waals surface area (Å²) in [6.07, 6.45) is -1.70. The second kappa shape index (κ2) is 10.4. The van der Waals surface area contributed by atoms with Crippen LogP contribution in [0.15, 0.2) is 78.0 Å². The van der Waals surface area contributed by atoms with Crippen molar-refractivity contribution in [1.29, 1.82) is 0 Å². The first-order valence-electron chi connectivity index (χ1n) is 10.2. The highest BCUT2D eigenvalue weighted by Gasteiger charge is 2.38. The average Bonchev–Trinajstić information content (AvgIpc) is 2.82. The van der Waals surface area contributed by atoms with Crippen LogP contribution in [0.3, 0.4) is 0 Å². The molecule has 1 N–H and O–H groups in total. The highest BCUT2D eigenvalue weighted by atomic mass is 35.5. The predicted octanol–water partition coefficient (Wildman–Crippen LogP) is 5.04. The van der Waals surface area contributed by atoms with Crippen LogP contribution in [0.4, 0.5) is 18.9 Å². The average molecular weight is 512 g/mol. The third-order valence-electron chi connectivity index (χ3n) is 5.00. The van der Waals surface area contributed by atoms with E-state index in [-0.39, 0.29) is 22.9 Å². The van der Waals surface area contributed by atoms with Crippen molar-refractivity contribution >= 4 is 33.2 Å². The van der Waals surface area contributed by atoms with Gasteiger partial charge in [-0.2, -0.15) is 13.2 Å². The number of hydrogen-bond acceptors (Lipinski definition) is 4. The summed E-state index contributed by atoms with van der Waals surface area (Å²) < 4.78 is 68.2. The van der Waals surface area contributed by atoms with Crippen LogP contribution in [0.2, 0.25) is 5.02 Å². The van der Waals surface area contributed by atoms with Gasteiger partial charge in [0.1, 0.15) is 6.04 Å². The lowest BCUT2D eigenvalue weighted by molar-refractivity contribution is -0.137. The summed E-state index contributed by atoms with van der Waals surface area (Å²) in [7, 11) is -4.47. The van der Waals surface area contributed by atoms with Gasteiger partial charge in [-0.25, -0.2) is 8.42 Å². The lowest BCUT2D eigenvalue weighted by Crippen LogP contribution is -2.49. The van der Waals surface area contributed by atoms with E-state index >= 15 is 0 Å². The second-order valence-corrected chi connectivity index (χ2v) is 9.50. The summed E-state index contributed by atoms with van der Waals surface area (Å²) in [5.74, 6) is -0.688. The number of pyridine rings is 1. The first-order chi connectivity index (χ1) is 16.1. The van der Waals surface area contributed by atoms with E-state index in [0.29, 0.717) is 15.9 Å². The number of alkyl halides is 3. The Hall–Kier alpha value is -3.11. The Labute approximate surface area is 200 Å². The number of nitrogens with one attached hydrogen (secondary N) is 1. The fourth-order valence-corrected chi connectivity index (χ4v) is 5.27. The van der Waals surface area contributed by atoms with Crippen molar-refractivity contribution in [2.45, 2.75) is 37.0 Å². The minimum absolute atomic E-state index is 0.0270. The predicted molar refractivity (Wildman–Crippen MR) is 123 cm³/mol. The summed E-state index contributed by atoms with van der Waals surface area (Å²) in [5, 5.41) is 2.41. The molecule has 34 heavy (non-hydrogen) atoms. The molecule has 0 fully saturated rings. The highest BCUT2D eigenvalue weighted by Crippen LogP contribution is 2.38. The molecule has 180 valence electrons. The standard InChI is InChI=1S/C23H21ClF3N3O3S/c1-2-20(22(31)29-15-16-10-12-28-13-11-16)30(34(32,33)18-6-4-3-5-7-18)21-14-17(23(25,26)27)8-9-19(21)24/h3-14,20H,2,15H2,1H3,(H,29,31). The van der Waals surface area contributed by atoms with Crippen LogP contribution < -0.4 is 9.62 Å². The minimum atomic E-state index is -4.74. The third-order valence-corrected chi connectivity index (χ3v) is 7.16. The van der Waals surface area contributed by atoms with Crippen LogP contribution >= 0.6 is 11.6 Å². The number of amides is 1. The Kier molecular flexibility index (Phi) is 7.83. The SMILES string of the molecule is CCC(C(=O)NCc1ccncc1)N(c1cc(C(F)(F)F)ccc1Cl)S(=O)(=O)c1ccccc1. The lowest BCUT2D eigenvalue weighted by Gasteiger charge is -2.32. The quantitative estimate of drug-likeness (QED) is 0.459. The van der Waals surface area contributed by atoms with Crippen LogP contribution in [0, 0.1) is 0 Å². The third kappa shape index (κ3) is 5.68. The van der Waals surface area contributed by atoms with Crippen LogP contribution in [0.1, 0.15) is 24.5 Å². The number of carbonyl (C=O) groups is 1. The molecule has 0 saturated heterocycles. The molecular formula is C23H21ClF3N3O3S. The molecule has 1 amide bonds. The largest absolute Gasteiger partial charge is 0.416 e. The smallest absolute Gasteiger partial charge is 0.350 e. The minimum Gasteiger partial charge on any atom is -0.350 e. The van der Waals surface area contributed by atoms with E-state index in [1.807, 2.05) is 0 Å². The topological polar surface area (TPSA) is 79.4 Å². The molecule has 3 aromatic rings. The van der Waals surface area contributed by atoms with Crippen molar-refractivity contribution in [3.05, 3.63) is 89.2 Å². The Morgan fingerprint density at radius 3 is 2.32 bits per heavy atom. The van der Waals surface area contributed by atoms with Gasteiger partial charge in [0.25, 0.3) is 10.0 Å². The fraction of sp³-hybridized carbons (Fsp3) is 0.217. The maximum Gasteiger partial charge on any atom is 0.416 e. The Balaban J connectivity index is 2.10. The molecule has 1 atom stereocenters. The molecule has 0 radical (unpaired) electrons. The van der Waals surface area contributed by atoms with E-state index < -0.39 is 39.4 Å². The summed E-state index contributed by atoms with van der Waals surface area (Å²) in [5.41, 5.74) is -0.814. The first-order valence-corrected chi connectivity index (χ1v) is 12.0. The van der Waals surface area contributed by atoms with Gasteiger partial charge < -0.3 is 5.32 Å². The Bertz CT molecular complexity index is 1240. The van der Waals surface area contributed by atoms with Crippen LogP contribution in [-0.2, 0) is 27.5 Å². The number of aromatic nitrogens is 1. The van der Waals surface area contributed by atoms with Gasteiger partial charge in [-0.1, -0.05) is 36.7 Å². The van der Waals surface area contributed by atoms with E-state index in [1.165, 1.54) is 36.7 Å². The number of carbonyl (C=O) groups excluding carboxylic acids is 1. The monoisotopic (exact) mass is 511 g/mol. The molecule has 11 heteroatoms. The molecule has 6 nitrogen and oxygen atoms in total. The fourth-order valence-electron chi connectivity index (χ4n) is 3.29. The van der Waals surface area contributed by atoms with E-state index in [0.717, 1.165) is 12.1 Å². The normalized spacial score (nSPS) is 12.7. The number of rotatable bonds is 8. The second-order valence-electron chi connectivity index (χ2n) is 7.28. The molecule has 1 heterocycles. The van der Waals surface area contributed by atoms with E-state index in [1.54, 1.807) is 25.1 Å². The van der Waals surface area contributed by atoms with Gasteiger partial charge >= 0.3 is 6.18 Å². The van der Waals surface area contributed by atoms with Crippen molar-refractivity contribution in [3.8, 4) is 0 Å². The molecule has 0 aliphatic heterocycles. The summed E-state index contributed by atoms with van der Waals surface area (Å²) in [4.78, 5) is 16.8. The zero-order valence-electron chi connectivity index (χ0n) is 18.0. The van der Waals surface area contributed by atoms with E-state index in [2.05, 4.69) is 10.3 Å². The van der Waals surface area contributed by atoms with E-state index in [4.69, 9.17) is 11.6 Å². The molecule has 0 aliphatic rings. The highest BCUT2D eigenvalue weighted by molar-refractivity contribution is 7.93. The maximum absolute atomic E-state index is 13.6. The van der Waals surface area contributed by atoms with Crippen LogP contribution in [0.5, 0.6) is 0 Å². The maximum atomic E-state index is 13.6. The molecule has 0 aliphatic carbocycles. The van der Waals surface area contributed by atoms with Crippen molar-refractivity contribution in [2.75, 3.05) is 4.31 Å². The molecule has 3 rings (SSSR count). The molecule has 0 bridgehead atoms. The molecule has 1 aromatic heterocycles. The number of hydrogen-bond donors (Lipinski definition) is 1. The van der Waals surface area contributed by atoms with Gasteiger partial charge in [0, 0.05) is 18.9 Å². The Morgan fingerprint density at radius 1 is 1.09 bits per heavy atom. The van der Waals surface area contributed by atoms with Gasteiger partial charge in [-0.3, -0.25) is 14.1 Å². The van der Waals surface area contributed by atoms with Gasteiger partial charge in [-0.05, 0) is 54.4 Å². The van der Waals surface area contributed by atoms with Crippen LogP contribution in [-0.4, -0.2) is 25.4 Å². The number of nitrogens with zero attached hydrogens (tertiary/aromatic N) is 2. The summed E-state index contributed by atoms with van der Waals surface area (Å²) in [6.45, 7) is 1.64. The van der Waals surface area contributed by atoms with Gasteiger partial charge in [0.05, 0.1) is 21.2 Å². The molecule has 2 aromatic carbocycles. The van der Waals surface area contributed by atoms with Crippen LogP contribution in [0.25, 0.3) is 0 Å². The Morgan fingerprint density at radius 2 is 1.74 bits per heavy atom. The summed E-state index contributed by atoms with van der Waals surface area (Å²) in [6, 6.07) is 11.5. The number of benzene rings is 2. The van der Waals surface area contributed by atoms with Crippen molar-refractivity contribution in [3.63, 3.8) is 0 Å². The van der Waals surface area contributed by atoms with Gasteiger partial charge in [0.15, 0.2) is 0 Å². The lowest BCUT2D eigenvalue weighted by atomic mass is 10.1. The molecule has 0 spiro atoms. The number of sulfonamides is 1. The molecular weight excluding hydrogens is 491 g/mol. The van der Waals surface area contributed by atoms with Gasteiger partial charge in [0.2, 0.25) is 5.91 Å². The summed E-state index contributed by atoms with van der Waals surface area (Å²) >= 11 is 6.20. The number of anilines is 1.